The predicted octanol–water partition coefficient (Wildman–Crippen LogP) is 9.60. The van der Waals surface area contributed by atoms with E-state index in [4.69, 9.17) is 18.7 Å². The molecule has 0 fully saturated rings. The number of hydrogen-bond donors (Lipinski definition) is 1. The van der Waals surface area contributed by atoms with E-state index < -0.39 is 5.97 Å². The SMILES string of the molecule is CCC(CSc1ccc(OCC(=O)O)c(C)c1)=C(c1ccc(-c2ccc(C)o2)cc1)c1ccc(-c2ccc(C)o2)cc1. The summed E-state index contributed by atoms with van der Waals surface area (Å²) in [5, 5.41) is 8.94. The van der Waals surface area contributed by atoms with Crippen molar-refractivity contribution in [2.45, 2.75) is 39.0 Å². The largest absolute Gasteiger partial charge is 0.482 e. The van der Waals surface area contributed by atoms with E-state index in [0.29, 0.717) is 5.75 Å². The van der Waals surface area contributed by atoms with Crippen LogP contribution in [0.3, 0.4) is 0 Å². The molecule has 2 aromatic heterocycles. The molecule has 0 aliphatic carbocycles. The molecule has 42 heavy (non-hydrogen) atoms. The van der Waals surface area contributed by atoms with E-state index in [1.165, 1.54) is 11.1 Å². The van der Waals surface area contributed by atoms with Crippen LogP contribution in [0, 0.1) is 20.8 Å². The van der Waals surface area contributed by atoms with Crippen molar-refractivity contribution in [3.05, 3.63) is 125 Å². The summed E-state index contributed by atoms with van der Waals surface area (Å²) in [5.74, 6) is 3.91. The highest BCUT2D eigenvalue weighted by Crippen LogP contribution is 2.35. The minimum atomic E-state index is -0.988. The van der Waals surface area contributed by atoms with Gasteiger partial charge in [0.25, 0.3) is 0 Å². The number of carbonyl (C=O) groups is 1. The van der Waals surface area contributed by atoms with Gasteiger partial charge in [-0.1, -0.05) is 61.0 Å². The van der Waals surface area contributed by atoms with Gasteiger partial charge in [0.15, 0.2) is 6.61 Å². The van der Waals surface area contributed by atoms with Crippen LogP contribution in [0.15, 0.2) is 110 Å². The third-order valence-corrected chi connectivity index (χ3v) is 8.17. The van der Waals surface area contributed by atoms with Crippen molar-refractivity contribution in [2.75, 3.05) is 12.4 Å². The molecule has 0 radical (unpaired) electrons. The molecule has 0 saturated carbocycles. The van der Waals surface area contributed by atoms with Crippen LogP contribution in [0.1, 0.15) is 41.6 Å². The number of hydrogen-bond acceptors (Lipinski definition) is 5. The lowest BCUT2D eigenvalue weighted by molar-refractivity contribution is -0.139. The molecule has 0 amide bonds. The fourth-order valence-corrected chi connectivity index (χ4v) is 6.00. The Bertz CT molecular complexity index is 1620. The lowest BCUT2D eigenvalue weighted by Crippen LogP contribution is -2.10. The van der Waals surface area contributed by atoms with E-state index in [2.05, 4.69) is 61.5 Å². The molecule has 1 N–H and O–H groups in total. The van der Waals surface area contributed by atoms with Crippen molar-refractivity contribution in [3.63, 3.8) is 0 Å². The summed E-state index contributed by atoms with van der Waals surface area (Å²) in [7, 11) is 0. The van der Waals surface area contributed by atoms with Crippen molar-refractivity contribution in [1.82, 2.24) is 0 Å². The Balaban J connectivity index is 1.47. The Hall–Kier alpha value is -4.42. The molecule has 0 aliphatic heterocycles. The Morgan fingerprint density at radius 2 is 1.31 bits per heavy atom. The van der Waals surface area contributed by atoms with Gasteiger partial charge in [0.2, 0.25) is 0 Å². The molecule has 5 nitrogen and oxygen atoms in total. The number of thioether (sulfide) groups is 1. The number of carboxylic acids is 1. The monoisotopic (exact) mass is 578 g/mol. The molecule has 3 aromatic carbocycles. The number of aryl methyl sites for hydroxylation is 3. The standard InChI is InChI=1S/C36H34O5S/c1-5-26(22-42-31-16-19-32(23(2)20-31)39-21-35(37)38)36(29-12-8-27(9-13-29)33-17-6-24(3)40-33)30-14-10-28(11-15-30)34-18-7-25(4)41-34/h6-20H,5,21-22H2,1-4H3,(H,37,38). The Morgan fingerprint density at radius 1 is 0.762 bits per heavy atom. The molecule has 6 heteroatoms. The van der Waals surface area contributed by atoms with Crippen molar-refractivity contribution in [2.24, 2.45) is 0 Å². The van der Waals surface area contributed by atoms with Gasteiger partial charge in [0.1, 0.15) is 28.8 Å². The van der Waals surface area contributed by atoms with Crippen molar-refractivity contribution < 1.29 is 23.5 Å². The maximum Gasteiger partial charge on any atom is 0.341 e. The number of ether oxygens (including phenoxy) is 1. The number of benzene rings is 3. The van der Waals surface area contributed by atoms with Gasteiger partial charge in [0.05, 0.1) is 0 Å². The molecule has 0 atom stereocenters. The van der Waals surface area contributed by atoms with Crippen molar-refractivity contribution in [1.29, 1.82) is 0 Å². The Kier molecular flexibility index (Phi) is 9.03. The zero-order valence-electron chi connectivity index (χ0n) is 24.3. The average molecular weight is 579 g/mol. The van der Waals surface area contributed by atoms with Gasteiger partial charge in [-0.3, -0.25) is 0 Å². The lowest BCUT2D eigenvalue weighted by Gasteiger charge is -2.17. The molecule has 2 heterocycles. The highest BCUT2D eigenvalue weighted by atomic mass is 32.2. The normalized spacial score (nSPS) is 11.0. The smallest absolute Gasteiger partial charge is 0.341 e. The molecule has 5 aromatic rings. The lowest BCUT2D eigenvalue weighted by atomic mass is 9.91. The van der Waals surface area contributed by atoms with Gasteiger partial charge >= 0.3 is 5.97 Å². The molecule has 214 valence electrons. The van der Waals surface area contributed by atoms with Gasteiger partial charge in [-0.15, -0.1) is 11.8 Å². The summed E-state index contributed by atoms with van der Waals surface area (Å²) in [5.41, 5.74) is 7.84. The van der Waals surface area contributed by atoms with Gasteiger partial charge in [-0.25, -0.2) is 4.79 Å². The van der Waals surface area contributed by atoms with Crippen molar-refractivity contribution >= 4 is 23.3 Å². The van der Waals surface area contributed by atoms with Crippen LogP contribution in [0.4, 0.5) is 0 Å². The number of furan rings is 2. The molecule has 0 bridgehead atoms. The van der Waals surface area contributed by atoms with Crippen LogP contribution in [0.5, 0.6) is 5.75 Å². The van der Waals surface area contributed by atoms with Crippen LogP contribution >= 0.6 is 11.8 Å². The average Bonchev–Trinajstić information content (AvgIpc) is 3.63. The second kappa shape index (κ2) is 13.0. The fourth-order valence-electron chi connectivity index (χ4n) is 4.89. The quantitative estimate of drug-likeness (QED) is 0.157. The Morgan fingerprint density at radius 3 is 1.74 bits per heavy atom. The summed E-state index contributed by atoms with van der Waals surface area (Å²) in [4.78, 5) is 12.0. The molecule has 0 unspecified atom stereocenters. The molecule has 0 spiro atoms. The zero-order valence-corrected chi connectivity index (χ0v) is 25.1. The van der Waals surface area contributed by atoms with Crippen LogP contribution < -0.4 is 4.74 Å². The second-order valence-electron chi connectivity index (χ2n) is 10.2. The first kappa shape index (κ1) is 29.1. The molecule has 0 aliphatic rings. The highest BCUT2D eigenvalue weighted by Gasteiger charge is 2.14. The summed E-state index contributed by atoms with van der Waals surface area (Å²) >= 11 is 1.76. The fraction of sp³-hybridized carbons (Fsp3) is 0.194. The summed E-state index contributed by atoms with van der Waals surface area (Å²) in [6.45, 7) is 7.69. The first-order chi connectivity index (χ1) is 20.3. The van der Waals surface area contributed by atoms with Crippen LogP contribution in [-0.4, -0.2) is 23.4 Å². The van der Waals surface area contributed by atoms with Gasteiger partial charge in [-0.05, 0) is 91.9 Å². The third-order valence-electron chi connectivity index (χ3n) is 7.09. The van der Waals surface area contributed by atoms with Gasteiger partial charge in [-0.2, -0.15) is 0 Å². The van der Waals surface area contributed by atoms with E-state index in [0.717, 1.165) is 67.9 Å². The maximum atomic E-state index is 10.9. The van der Waals surface area contributed by atoms with Crippen LogP contribution in [0.25, 0.3) is 28.2 Å². The second-order valence-corrected chi connectivity index (χ2v) is 11.3. The number of rotatable bonds is 11. The molecular formula is C36H34O5S. The first-order valence-electron chi connectivity index (χ1n) is 13.9. The van der Waals surface area contributed by atoms with Crippen LogP contribution in [0.2, 0.25) is 0 Å². The van der Waals surface area contributed by atoms with Crippen LogP contribution in [-0.2, 0) is 4.79 Å². The van der Waals surface area contributed by atoms with E-state index in [9.17, 15) is 4.79 Å². The molecule has 5 rings (SSSR count). The number of aliphatic carboxylic acids is 1. The minimum Gasteiger partial charge on any atom is -0.482 e. The summed E-state index contributed by atoms with van der Waals surface area (Å²) in [6.07, 6.45) is 0.888. The van der Waals surface area contributed by atoms with E-state index in [1.807, 2.05) is 57.2 Å². The minimum absolute atomic E-state index is 0.351. The van der Waals surface area contributed by atoms with E-state index in [-0.39, 0.29) is 6.61 Å². The van der Waals surface area contributed by atoms with E-state index in [1.54, 1.807) is 11.8 Å². The summed E-state index contributed by atoms with van der Waals surface area (Å²) < 4.78 is 17.1. The number of carboxylic acid groups (broad SMARTS) is 1. The zero-order chi connectivity index (χ0) is 29.6. The van der Waals surface area contributed by atoms with Crippen molar-refractivity contribution in [3.8, 4) is 28.4 Å². The van der Waals surface area contributed by atoms with Gasteiger partial charge in [0, 0.05) is 21.8 Å². The third kappa shape index (κ3) is 6.89. The van der Waals surface area contributed by atoms with Gasteiger partial charge < -0.3 is 18.7 Å². The first-order valence-corrected chi connectivity index (χ1v) is 14.9. The predicted molar refractivity (Wildman–Crippen MR) is 169 cm³/mol. The van der Waals surface area contributed by atoms with E-state index >= 15 is 0 Å². The Labute approximate surface area is 250 Å². The highest BCUT2D eigenvalue weighted by molar-refractivity contribution is 7.99. The maximum absolute atomic E-state index is 10.9. The molecular weight excluding hydrogens is 544 g/mol. The topological polar surface area (TPSA) is 72.8 Å². The molecule has 0 saturated heterocycles. The summed E-state index contributed by atoms with van der Waals surface area (Å²) in [6, 6.07) is 31.0.